The molecule has 2 aliphatic rings. The van der Waals surface area contributed by atoms with Crippen LogP contribution in [0.25, 0.3) is 11.1 Å². The molecule has 0 nitrogen and oxygen atoms in total. The molecule has 0 heterocycles. The largest absolute Gasteiger partial charge is 0.175 e. The van der Waals surface area contributed by atoms with E-state index in [9.17, 15) is 0 Å². The number of hydrogen-bond donors (Lipinski definition) is 0. The summed E-state index contributed by atoms with van der Waals surface area (Å²) < 4.78 is 0. The molecule has 0 N–H and O–H groups in total. The zero-order valence-electron chi connectivity index (χ0n) is 14.6. The Morgan fingerprint density at radius 1 is 1.04 bits per heavy atom. The van der Waals surface area contributed by atoms with Gasteiger partial charge in [-0.1, -0.05) is 59.7 Å². The van der Waals surface area contributed by atoms with Gasteiger partial charge in [0.1, 0.15) is 0 Å². The van der Waals surface area contributed by atoms with Gasteiger partial charge < -0.3 is 0 Å². The monoisotopic (exact) mass is 405 g/mol. The minimum Gasteiger partial charge on any atom is -0.175 e. The van der Waals surface area contributed by atoms with Gasteiger partial charge in [-0.3, -0.25) is 0 Å². The molecule has 0 bridgehead atoms. The van der Waals surface area contributed by atoms with E-state index in [1.807, 2.05) is 0 Å². The molecule has 0 aromatic heterocycles. The molecule has 0 spiro atoms. The van der Waals surface area contributed by atoms with Crippen LogP contribution in [0.4, 0.5) is 0 Å². The maximum Gasteiger partial charge on any atom is -0.00217 e. The van der Waals surface area contributed by atoms with Crippen molar-refractivity contribution in [2.24, 2.45) is 0 Å². The van der Waals surface area contributed by atoms with Crippen LogP contribution in [0.2, 0.25) is 12.1 Å². The summed E-state index contributed by atoms with van der Waals surface area (Å²) in [6.45, 7) is 7.00. The smallest absolute Gasteiger partial charge is 0.00217 e. The summed E-state index contributed by atoms with van der Waals surface area (Å²) in [5, 5.41) is 0. The number of fused-ring (bicyclic) bond motifs is 3. The van der Waals surface area contributed by atoms with E-state index in [0.717, 1.165) is 12.0 Å². The third-order valence-corrected chi connectivity index (χ3v) is 10.7. The van der Waals surface area contributed by atoms with Gasteiger partial charge in [-0.25, -0.2) is 0 Å². The number of hydrogen-bond acceptors (Lipinski definition) is 0. The van der Waals surface area contributed by atoms with Crippen LogP contribution in [0.5, 0.6) is 0 Å². The van der Waals surface area contributed by atoms with Gasteiger partial charge in [0.15, 0.2) is 0 Å². The Morgan fingerprint density at radius 3 is 2.38 bits per heavy atom. The summed E-state index contributed by atoms with van der Waals surface area (Å²) in [5.74, 6) is 0.416. The van der Waals surface area contributed by atoms with Crippen LogP contribution >= 0.6 is 0 Å². The third kappa shape index (κ3) is 3.98. The van der Waals surface area contributed by atoms with E-state index >= 15 is 0 Å². The van der Waals surface area contributed by atoms with Crippen molar-refractivity contribution in [1.29, 1.82) is 0 Å². The fourth-order valence-electron chi connectivity index (χ4n) is 2.91. The van der Waals surface area contributed by atoms with Crippen molar-refractivity contribution in [1.82, 2.24) is 0 Å². The number of allylic oxidation sites excluding steroid dienone is 4. The van der Waals surface area contributed by atoms with E-state index in [1.54, 1.807) is 23.3 Å². The van der Waals surface area contributed by atoms with E-state index in [-0.39, 0.29) is 5.43 Å². The Hall–Kier alpha value is -0.980. The Balaban J connectivity index is 0.000000246. The topological polar surface area (TPSA) is 0 Å². The Bertz CT molecular complexity index is 802. The third-order valence-electron chi connectivity index (χ3n) is 4.70. The minimum atomic E-state index is 0.138. The average molecular weight is 407 g/mol. The molecule has 0 atom stereocenters. The summed E-state index contributed by atoms with van der Waals surface area (Å²) in [7, 11) is 0. The Kier molecular flexibility index (Phi) is 5.89. The standard InChI is InChI=1S/C18H13.C4H10Si.Zr/c1-2-6-13(5-1)14-9-10-18-16(11-14)12-15-7-3-4-8-17(15)18;1-4(2)5-3;/h1-10,13H,12H2;4H,1-3H3;/q-1;;. The van der Waals surface area contributed by atoms with Crippen LogP contribution < -0.4 is 0 Å². The molecule has 0 fully saturated rings. The van der Waals surface area contributed by atoms with Crippen molar-refractivity contribution in [3.05, 3.63) is 83.5 Å². The average Bonchev–Trinajstić information content (AvgIpc) is 3.22. The molecule has 120 valence electrons. The second kappa shape index (κ2) is 7.93. The molecule has 24 heavy (non-hydrogen) atoms. The molecule has 0 saturated carbocycles. The summed E-state index contributed by atoms with van der Waals surface area (Å²) in [6, 6.07) is 16.7. The second-order valence-electron chi connectivity index (χ2n) is 6.77. The van der Waals surface area contributed by atoms with Gasteiger partial charge in [0, 0.05) is 0 Å². The van der Waals surface area contributed by atoms with Gasteiger partial charge >= 0.3 is 54.7 Å². The molecule has 2 aromatic rings. The first-order valence-corrected chi connectivity index (χ1v) is 14.4. The van der Waals surface area contributed by atoms with Crippen molar-refractivity contribution in [3.63, 3.8) is 0 Å². The van der Waals surface area contributed by atoms with Crippen molar-refractivity contribution in [2.75, 3.05) is 0 Å². The van der Waals surface area contributed by atoms with E-state index < -0.39 is 0 Å². The predicted molar refractivity (Wildman–Crippen MR) is 101 cm³/mol. The van der Waals surface area contributed by atoms with Crippen molar-refractivity contribution in [2.45, 2.75) is 38.3 Å². The molecule has 2 heteroatoms. The van der Waals surface area contributed by atoms with Crippen LogP contribution in [0, 0.1) is 6.07 Å². The van der Waals surface area contributed by atoms with Gasteiger partial charge in [-0.2, -0.15) is 23.8 Å². The molecule has 0 saturated heterocycles. The number of rotatable bonds is 2. The quantitative estimate of drug-likeness (QED) is 0.371. The number of benzene rings is 2. The van der Waals surface area contributed by atoms with Crippen LogP contribution in [0.1, 0.15) is 36.5 Å². The molecule has 0 unspecified atom stereocenters. The molecular formula is C22H23SiZr-. The fourth-order valence-corrected chi connectivity index (χ4v) is 2.91. The fraction of sp³-hybridized carbons (Fsp3) is 0.273. The predicted octanol–water partition coefficient (Wildman–Crippen LogP) is 5.83. The van der Waals surface area contributed by atoms with E-state index in [0.29, 0.717) is 5.92 Å². The van der Waals surface area contributed by atoms with Crippen molar-refractivity contribution in [3.8, 4) is 11.1 Å². The van der Waals surface area contributed by atoms with E-state index in [4.69, 9.17) is 0 Å². The summed E-state index contributed by atoms with van der Waals surface area (Å²) in [4.78, 5) is 0. The molecule has 2 aliphatic carbocycles. The summed E-state index contributed by atoms with van der Waals surface area (Å²) in [6.07, 6.45) is 9.70. The Labute approximate surface area is 161 Å². The van der Waals surface area contributed by atoms with Crippen LogP contribution in [0.3, 0.4) is 0 Å². The first-order chi connectivity index (χ1) is 11.6. The SMILES string of the molecule is CC(C)[Si](C)=[Zr].[c-]1c(C2C=CC=C2)ccc2c1Cc1ccccc1-2. The van der Waals surface area contributed by atoms with Gasteiger partial charge in [-0.15, -0.1) is 11.1 Å². The van der Waals surface area contributed by atoms with Crippen molar-refractivity contribution < 1.29 is 23.3 Å². The van der Waals surface area contributed by atoms with Crippen LogP contribution in [0.15, 0.2) is 60.7 Å². The van der Waals surface area contributed by atoms with Gasteiger partial charge in [0.25, 0.3) is 0 Å². The summed E-state index contributed by atoms with van der Waals surface area (Å²) >= 11 is 1.77. The maximum absolute atomic E-state index is 3.61. The van der Waals surface area contributed by atoms with E-state index in [1.165, 1.54) is 27.8 Å². The van der Waals surface area contributed by atoms with Gasteiger partial charge in [-0.05, 0) is 12.3 Å². The zero-order chi connectivity index (χ0) is 17.1. The molecular weight excluding hydrogens is 384 g/mol. The van der Waals surface area contributed by atoms with Crippen LogP contribution in [-0.2, 0) is 29.8 Å². The summed E-state index contributed by atoms with van der Waals surface area (Å²) in [5.41, 5.74) is 7.94. The van der Waals surface area contributed by atoms with E-state index in [2.05, 4.69) is 87.2 Å². The maximum atomic E-state index is 3.61. The van der Waals surface area contributed by atoms with Gasteiger partial charge in [0.05, 0.1) is 0 Å². The second-order valence-corrected chi connectivity index (χ2v) is 15.1. The molecule has 2 aromatic carbocycles. The molecule has 0 aliphatic heterocycles. The van der Waals surface area contributed by atoms with Gasteiger partial charge in [0.2, 0.25) is 0 Å². The van der Waals surface area contributed by atoms with Crippen molar-refractivity contribution >= 4 is 5.43 Å². The first kappa shape index (κ1) is 17.8. The molecule has 0 radical (unpaired) electrons. The first-order valence-electron chi connectivity index (χ1n) is 8.59. The Morgan fingerprint density at radius 2 is 1.71 bits per heavy atom. The van der Waals surface area contributed by atoms with Crippen LogP contribution in [-0.4, -0.2) is 5.43 Å². The molecule has 0 amide bonds. The zero-order valence-corrected chi connectivity index (χ0v) is 18.1. The molecule has 4 rings (SSSR count). The normalized spacial score (nSPS) is 14.3. The minimum absolute atomic E-state index is 0.138.